The molecule has 0 fully saturated rings. The number of hydrogen-bond acceptors (Lipinski definition) is 7. The second-order valence-electron chi connectivity index (χ2n) is 5.42. The number of nitrogens with zero attached hydrogens (tertiary/aromatic N) is 4. The molecule has 0 saturated carbocycles. The summed E-state index contributed by atoms with van der Waals surface area (Å²) in [5, 5.41) is 15.4. The SMILES string of the molecule is OCCCNc1nc(NCc2cccnc2)cc(-c2cccnc2)n1. The van der Waals surface area contributed by atoms with Gasteiger partial charge < -0.3 is 15.7 Å². The summed E-state index contributed by atoms with van der Waals surface area (Å²) in [5.41, 5.74) is 2.77. The van der Waals surface area contributed by atoms with Gasteiger partial charge in [-0.25, -0.2) is 4.98 Å². The minimum Gasteiger partial charge on any atom is -0.396 e. The standard InChI is InChI=1S/C18H20N6O/c25-9-3-8-21-18-23-16(15-5-2-7-20-13-15)10-17(24-18)22-12-14-4-1-6-19-11-14/h1-2,4-7,10-11,13,25H,3,8-9,12H2,(H2,21,22,23,24). The lowest BCUT2D eigenvalue weighted by Crippen LogP contribution is -2.10. The minimum absolute atomic E-state index is 0.126. The molecule has 0 aromatic carbocycles. The summed E-state index contributed by atoms with van der Waals surface area (Å²) in [7, 11) is 0. The number of anilines is 2. The highest BCUT2D eigenvalue weighted by Gasteiger charge is 2.07. The van der Waals surface area contributed by atoms with E-state index >= 15 is 0 Å². The second kappa shape index (κ2) is 8.70. The molecular formula is C18H20N6O. The van der Waals surface area contributed by atoms with Crippen molar-refractivity contribution in [2.24, 2.45) is 0 Å². The van der Waals surface area contributed by atoms with Gasteiger partial charge in [-0.2, -0.15) is 4.98 Å². The number of pyridine rings is 2. The van der Waals surface area contributed by atoms with Crippen LogP contribution in [0.15, 0.2) is 55.1 Å². The Balaban J connectivity index is 1.81. The fourth-order valence-corrected chi connectivity index (χ4v) is 2.25. The van der Waals surface area contributed by atoms with Gasteiger partial charge in [0.1, 0.15) is 5.82 Å². The number of nitrogens with one attached hydrogen (secondary N) is 2. The van der Waals surface area contributed by atoms with E-state index in [2.05, 4.69) is 30.6 Å². The molecule has 0 unspecified atom stereocenters. The number of rotatable bonds is 8. The van der Waals surface area contributed by atoms with E-state index in [0.717, 1.165) is 16.8 Å². The van der Waals surface area contributed by atoms with Crippen molar-refractivity contribution in [2.75, 3.05) is 23.8 Å². The van der Waals surface area contributed by atoms with Gasteiger partial charge in [-0.1, -0.05) is 6.07 Å². The Morgan fingerprint density at radius 3 is 2.52 bits per heavy atom. The van der Waals surface area contributed by atoms with Crippen molar-refractivity contribution in [3.05, 3.63) is 60.7 Å². The lowest BCUT2D eigenvalue weighted by Gasteiger charge is -2.11. The number of aromatic nitrogens is 4. The van der Waals surface area contributed by atoms with Crippen LogP contribution >= 0.6 is 0 Å². The van der Waals surface area contributed by atoms with E-state index in [9.17, 15) is 0 Å². The molecule has 3 aromatic heterocycles. The largest absolute Gasteiger partial charge is 0.396 e. The van der Waals surface area contributed by atoms with Gasteiger partial charge in [-0.3, -0.25) is 9.97 Å². The van der Waals surface area contributed by atoms with Crippen LogP contribution in [0.4, 0.5) is 11.8 Å². The molecule has 7 heteroatoms. The Labute approximate surface area is 146 Å². The maximum Gasteiger partial charge on any atom is 0.225 e. The van der Waals surface area contributed by atoms with Gasteiger partial charge in [0, 0.05) is 56.1 Å². The number of hydrogen-bond donors (Lipinski definition) is 3. The van der Waals surface area contributed by atoms with E-state index in [1.165, 1.54) is 0 Å². The molecule has 3 aromatic rings. The van der Waals surface area contributed by atoms with Gasteiger partial charge in [0.2, 0.25) is 5.95 Å². The second-order valence-corrected chi connectivity index (χ2v) is 5.42. The minimum atomic E-state index is 0.126. The normalized spacial score (nSPS) is 10.4. The van der Waals surface area contributed by atoms with Crippen molar-refractivity contribution in [3.63, 3.8) is 0 Å². The molecule has 128 valence electrons. The van der Waals surface area contributed by atoms with Gasteiger partial charge >= 0.3 is 0 Å². The van der Waals surface area contributed by atoms with Crippen LogP contribution in [0.25, 0.3) is 11.3 Å². The molecule has 0 amide bonds. The van der Waals surface area contributed by atoms with Gasteiger partial charge in [0.05, 0.1) is 5.69 Å². The Kier molecular flexibility index (Phi) is 5.84. The molecule has 25 heavy (non-hydrogen) atoms. The average molecular weight is 336 g/mol. The van der Waals surface area contributed by atoms with E-state index in [1.807, 2.05) is 36.5 Å². The van der Waals surface area contributed by atoms with Crippen molar-refractivity contribution in [2.45, 2.75) is 13.0 Å². The van der Waals surface area contributed by atoms with Crippen LogP contribution in [0.2, 0.25) is 0 Å². The van der Waals surface area contributed by atoms with Crippen LogP contribution in [0.1, 0.15) is 12.0 Å². The average Bonchev–Trinajstić information content (AvgIpc) is 2.68. The Morgan fingerprint density at radius 2 is 1.80 bits per heavy atom. The predicted molar refractivity (Wildman–Crippen MR) is 97.0 cm³/mol. The first-order valence-electron chi connectivity index (χ1n) is 8.12. The van der Waals surface area contributed by atoms with E-state index in [1.54, 1.807) is 18.6 Å². The summed E-state index contributed by atoms with van der Waals surface area (Å²) in [4.78, 5) is 17.3. The highest BCUT2D eigenvalue weighted by Crippen LogP contribution is 2.21. The van der Waals surface area contributed by atoms with Crippen molar-refractivity contribution < 1.29 is 5.11 Å². The molecule has 0 atom stereocenters. The van der Waals surface area contributed by atoms with Gasteiger partial charge in [-0.15, -0.1) is 0 Å². The highest BCUT2D eigenvalue weighted by molar-refractivity contribution is 5.63. The van der Waals surface area contributed by atoms with Crippen LogP contribution in [0.5, 0.6) is 0 Å². The molecule has 7 nitrogen and oxygen atoms in total. The van der Waals surface area contributed by atoms with Crippen molar-refractivity contribution in [3.8, 4) is 11.3 Å². The van der Waals surface area contributed by atoms with Crippen molar-refractivity contribution >= 4 is 11.8 Å². The summed E-state index contributed by atoms with van der Waals surface area (Å²) in [6.45, 7) is 1.35. The Bertz CT molecular complexity index is 782. The third kappa shape index (κ3) is 4.95. The van der Waals surface area contributed by atoms with E-state index in [4.69, 9.17) is 5.11 Å². The molecular weight excluding hydrogens is 316 g/mol. The first-order chi connectivity index (χ1) is 12.3. The molecule has 0 aliphatic heterocycles. The highest BCUT2D eigenvalue weighted by atomic mass is 16.3. The zero-order chi connectivity index (χ0) is 17.3. The summed E-state index contributed by atoms with van der Waals surface area (Å²) in [5.74, 6) is 1.23. The van der Waals surface area contributed by atoms with E-state index < -0.39 is 0 Å². The molecule has 0 radical (unpaired) electrons. The molecule has 0 aliphatic rings. The molecule has 3 N–H and O–H groups in total. The van der Waals surface area contributed by atoms with Gasteiger partial charge in [0.25, 0.3) is 0 Å². The fraction of sp³-hybridized carbons (Fsp3) is 0.222. The molecule has 3 heterocycles. The number of aliphatic hydroxyl groups excluding tert-OH is 1. The maximum atomic E-state index is 8.93. The van der Waals surface area contributed by atoms with E-state index in [-0.39, 0.29) is 6.61 Å². The molecule has 0 aliphatic carbocycles. The zero-order valence-electron chi connectivity index (χ0n) is 13.8. The van der Waals surface area contributed by atoms with Crippen LogP contribution in [0.3, 0.4) is 0 Å². The van der Waals surface area contributed by atoms with E-state index in [0.29, 0.717) is 31.3 Å². The topological polar surface area (TPSA) is 95.8 Å². The first kappa shape index (κ1) is 16.8. The monoisotopic (exact) mass is 336 g/mol. The summed E-state index contributed by atoms with van der Waals surface area (Å²) in [6.07, 6.45) is 7.70. The fourth-order valence-electron chi connectivity index (χ4n) is 2.25. The quantitative estimate of drug-likeness (QED) is 0.543. The van der Waals surface area contributed by atoms with Crippen molar-refractivity contribution in [1.82, 2.24) is 19.9 Å². The Hall–Kier alpha value is -3.06. The first-order valence-corrected chi connectivity index (χ1v) is 8.12. The maximum absolute atomic E-state index is 8.93. The van der Waals surface area contributed by atoms with Gasteiger partial charge in [0.15, 0.2) is 0 Å². The number of aliphatic hydroxyl groups is 1. The summed E-state index contributed by atoms with van der Waals surface area (Å²) >= 11 is 0. The summed E-state index contributed by atoms with van der Waals surface area (Å²) in [6, 6.07) is 9.63. The lowest BCUT2D eigenvalue weighted by atomic mass is 10.2. The molecule has 0 saturated heterocycles. The third-order valence-electron chi connectivity index (χ3n) is 3.50. The van der Waals surface area contributed by atoms with Crippen LogP contribution < -0.4 is 10.6 Å². The smallest absolute Gasteiger partial charge is 0.225 e. The molecule has 0 bridgehead atoms. The van der Waals surface area contributed by atoms with Gasteiger partial charge in [-0.05, 0) is 30.2 Å². The molecule has 3 rings (SSSR count). The molecule has 0 spiro atoms. The van der Waals surface area contributed by atoms with Crippen LogP contribution in [0, 0.1) is 0 Å². The van der Waals surface area contributed by atoms with Crippen molar-refractivity contribution in [1.29, 1.82) is 0 Å². The predicted octanol–water partition coefficient (Wildman–Crippen LogP) is 2.34. The third-order valence-corrected chi connectivity index (χ3v) is 3.50. The lowest BCUT2D eigenvalue weighted by molar-refractivity contribution is 0.292. The Morgan fingerprint density at radius 1 is 0.960 bits per heavy atom. The van der Waals surface area contributed by atoms with Crippen LogP contribution in [-0.4, -0.2) is 38.2 Å². The summed E-state index contributed by atoms with van der Waals surface area (Å²) < 4.78 is 0. The van der Waals surface area contributed by atoms with Crippen LogP contribution in [-0.2, 0) is 6.54 Å². The zero-order valence-corrected chi connectivity index (χ0v) is 13.8.